The summed E-state index contributed by atoms with van der Waals surface area (Å²) in [4.78, 5) is 11.2. The molecular weight excluding hydrogens is 559 g/mol. The van der Waals surface area contributed by atoms with Crippen molar-refractivity contribution in [3.63, 3.8) is 0 Å². The molecule has 2 fully saturated rings. The standard InChI is InChI=1S/C33H37FO7S/c1-20-13-25(41-19-33(37)9-11-42(38,39)12-10-33)15-23-4-2-3-22-6-5-21(14-27(22)31(20)23)18-40-24-7-8-26(30(34)16-24)28-17-29(28)32(35)36/h5-8,13-16,28-29,37-39H,2-4,9-12,17-19H2,1H3,(H,35,36). The third-order valence-electron chi connectivity index (χ3n) is 8.91. The summed E-state index contributed by atoms with van der Waals surface area (Å²) >= 11 is 0. The third kappa shape index (κ3) is 6.15. The van der Waals surface area contributed by atoms with E-state index in [4.69, 9.17) is 14.6 Å². The van der Waals surface area contributed by atoms with Gasteiger partial charge in [-0.15, -0.1) is 0 Å². The van der Waals surface area contributed by atoms with E-state index >= 15 is 0 Å². The monoisotopic (exact) mass is 596 g/mol. The van der Waals surface area contributed by atoms with E-state index in [2.05, 4.69) is 25.1 Å². The zero-order valence-corrected chi connectivity index (χ0v) is 24.5. The highest BCUT2D eigenvalue weighted by molar-refractivity contribution is 8.24. The Balaban J connectivity index is 1.16. The smallest absolute Gasteiger partial charge is 0.307 e. The van der Waals surface area contributed by atoms with Crippen LogP contribution in [0.4, 0.5) is 4.39 Å². The SMILES string of the molecule is Cc1cc(OCC2(O)CCS(O)(O)CC2)cc2c1-c1cc(COc3ccc(C4CC4C(=O)O)c(F)c3)ccc1CCC2. The van der Waals surface area contributed by atoms with Crippen LogP contribution in [0.15, 0.2) is 48.5 Å². The van der Waals surface area contributed by atoms with Crippen molar-refractivity contribution in [3.8, 4) is 22.6 Å². The molecule has 3 aliphatic rings. The lowest BCUT2D eigenvalue weighted by atomic mass is 9.91. The van der Waals surface area contributed by atoms with Gasteiger partial charge in [-0.2, -0.15) is 10.6 Å². The molecule has 0 bridgehead atoms. The van der Waals surface area contributed by atoms with Crippen molar-refractivity contribution in [3.05, 3.63) is 82.2 Å². The van der Waals surface area contributed by atoms with E-state index in [1.165, 1.54) is 22.8 Å². The molecule has 1 heterocycles. The van der Waals surface area contributed by atoms with Crippen molar-refractivity contribution in [1.29, 1.82) is 0 Å². The maximum Gasteiger partial charge on any atom is 0.307 e. The molecule has 6 rings (SSSR count). The minimum atomic E-state index is -2.58. The normalized spacial score (nSPS) is 22.7. The number of halogens is 1. The van der Waals surface area contributed by atoms with Gasteiger partial charge >= 0.3 is 5.97 Å². The average molecular weight is 597 g/mol. The highest BCUT2D eigenvalue weighted by atomic mass is 32.3. The molecule has 1 saturated heterocycles. The Morgan fingerprint density at radius 2 is 1.76 bits per heavy atom. The summed E-state index contributed by atoms with van der Waals surface area (Å²) < 4.78 is 46.5. The number of rotatable bonds is 8. The molecule has 9 heteroatoms. The van der Waals surface area contributed by atoms with Crippen LogP contribution in [0.2, 0.25) is 0 Å². The number of benzene rings is 3. The second-order valence-electron chi connectivity index (χ2n) is 12.1. The van der Waals surface area contributed by atoms with Crippen LogP contribution < -0.4 is 9.47 Å². The summed E-state index contributed by atoms with van der Waals surface area (Å²) in [5.41, 5.74) is 6.18. The molecule has 4 N–H and O–H groups in total. The fourth-order valence-corrected chi connectivity index (χ4v) is 7.91. The number of carbonyl (C=O) groups is 1. The Bertz CT molecular complexity index is 1510. The quantitative estimate of drug-likeness (QED) is 0.228. The van der Waals surface area contributed by atoms with E-state index < -0.39 is 33.9 Å². The lowest BCUT2D eigenvalue weighted by Gasteiger charge is -2.43. The van der Waals surface area contributed by atoms with Crippen LogP contribution in [0.1, 0.15) is 59.4 Å². The first-order valence-electron chi connectivity index (χ1n) is 14.5. The predicted octanol–water partition coefficient (Wildman–Crippen LogP) is 6.71. The van der Waals surface area contributed by atoms with Gasteiger partial charge in [0.05, 0.1) is 5.92 Å². The molecule has 7 nitrogen and oxygen atoms in total. The van der Waals surface area contributed by atoms with Crippen LogP contribution in [0, 0.1) is 18.7 Å². The van der Waals surface area contributed by atoms with E-state index in [0.29, 0.717) is 36.3 Å². The molecule has 42 heavy (non-hydrogen) atoms. The number of carboxylic acid groups (broad SMARTS) is 1. The fourth-order valence-electron chi connectivity index (χ4n) is 6.30. The number of fused-ring (bicyclic) bond motifs is 3. The number of aliphatic hydroxyl groups is 1. The average Bonchev–Trinajstić information content (AvgIpc) is 3.76. The van der Waals surface area contributed by atoms with Gasteiger partial charge in [-0.1, -0.05) is 18.2 Å². The zero-order valence-electron chi connectivity index (χ0n) is 23.6. The van der Waals surface area contributed by atoms with Crippen LogP contribution in [0.3, 0.4) is 0 Å². The second kappa shape index (κ2) is 11.2. The number of carboxylic acids is 1. The summed E-state index contributed by atoms with van der Waals surface area (Å²) in [7, 11) is -2.58. The van der Waals surface area contributed by atoms with Gasteiger partial charge in [0.2, 0.25) is 0 Å². The summed E-state index contributed by atoms with van der Waals surface area (Å²) in [6.07, 6.45) is 3.91. The van der Waals surface area contributed by atoms with Crippen molar-refractivity contribution < 1.29 is 38.0 Å². The first-order chi connectivity index (χ1) is 20.0. The Kier molecular flexibility index (Phi) is 7.72. The van der Waals surface area contributed by atoms with E-state index in [9.17, 15) is 23.4 Å². The molecule has 0 amide bonds. The molecule has 2 aliphatic carbocycles. The molecule has 1 aliphatic heterocycles. The molecule has 0 spiro atoms. The van der Waals surface area contributed by atoms with Crippen molar-refractivity contribution in [2.45, 2.75) is 63.6 Å². The molecule has 1 saturated carbocycles. The van der Waals surface area contributed by atoms with E-state index in [1.54, 1.807) is 12.1 Å². The second-order valence-corrected chi connectivity index (χ2v) is 14.5. The zero-order chi connectivity index (χ0) is 29.6. The van der Waals surface area contributed by atoms with Crippen LogP contribution in [0.25, 0.3) is 11.1 Å². The van der Waals surface area contributed by atoms with E-state index in [0.717, 1.165) is 36.0 Å². The van der Waals surface area contributed by atoms with Gasteiger partial charge in [0.25, 0.3) is 0 Å². The van der Waals surface area contributed by atoms with Crippen LogP contribution in [-0.4, -0.2) is 49.0 Å². The molecule has 2 atom stereocenters. The summed E-state index contributed by atoms with van der Waals surface area (Å²) in [6.45, 7) is 2.45. The Hall–Kier alpha value is -3.11. The molecule has 0 radical (unpaired) electrons. The number of aliphatic carboxylic acids is 1. The first kappa shape index (κ1) is 29.0. The van der Waals surface area contributed by atoms with E-state index in [-0.39, 0.29) is 30.6 Å². The Morgan fingerprint density at radius 3 is 2.48 bits per heavy atom. The maximum atomic E-state index is 14.7. The summed E-state index contributed by atoms with van der Waals surface area (Å²) in [6, 6.07) is 15.1. The number of aryl methyl sites for hydroxylation is 3. The lowest BCUT2D eigenvalue weighted by molar-refractivity contribution is -0.138. The van der Waals surface area contributed by atoms with Crippen molar-refractivity contribution in [1.82, 2.24) is 0 Å². The molecule has 3 aromatic carbocycles. The van der Waals surface area contributed by atoms with Gasteiger partial charge in [-0.3, -0.25) is 13.9 Å². The number of ether oxygens (including phenoxy) is 2. The van der Waals surface area contributed by atoms with Gasteiger partial charge in [0.15, 0.2) is 0 Å². The van der Waals surface area contributed by atoms with Crippen molar-refractivity contribution in [2.75, 3.05) is 18.1 Å². The lowest BCUT2D eigenvalue weighted by Crippen LogP contribution is -2.42. The predicted molar refractivity (Wildman–Crippen MR) is 160 cm³/mol. The first-order valence-corrected chi connectivity index (χ1v) is 16.4. The van der Waals surface area contributed by atoms with Crippen molar-refractivity contribution in [2.24, 2.45) is 5.92 Å². The van der Waals surface area contributed by atoms with Crippen LogP contribution in [-0.2, 0) is 24.2 Å². The Labute approximate surface area is 246 Å². The number of hydrogen-bond acceptors (Lipinski definition) is 6. The number of hydrogen-bond donors (Lipinski definition) is 4. The molecule has 0 aromatic heterocycles. The van der Waals surface area contributed by atoms with Crippen LogP contribution in [0.5, 0.6) is 11.5 Å². The molecule has 2 unspecified atom stereocenters. The highest BCUT2D eigenvalue weighted by Crippen LogP contribution is 2.49. The maximum absolute atomic E-state index is 14.7. The van der Waals surface area contributed by atoms with Gasteiger partial charge in [0, 0.05) is 23.5 Å². The van der Waals surface area contributed by atoms with Gasteiger partial charge in [-0.05, 0) is 109 Å². The largest absolute Gasteiger partial charge is 0.491 e. The van der Waals surface area contributed by atoms with E-state index in [1.807, 2.05) is 12.1 Å². The minimum Gasteiger partial charge on any atom is -0.491 e. The van der Waals surface area contributed by atoms with Gasteiger partial charge < -0.3 is 19.7 Å². The van der Waals surface area contributed by atoms with Gasteiger partial charge in [0.1, 0.15) is 36.1 Å². The summed E-state index contributed by atoms with van der Waals surface area (Å²) in [5.74, 6) is -0.584. The fraction of sp³-hybridized carbons (Fsp3) is 0.424. The topological polar surface area (TPSA) is 116 Å². The van der Waals surface area contributed by atoms with Crippen molar-refractivity contribution >= 4 is 16.6 Å². The van der Waals surface area contributed by atoms with Crippen LogP contribution >= 0.6 is 10.6 Å². The van der Waals surface area contributed by atoms with Gasteiger partial charge in [-0.25, -0.2) is 4.39 Å². The molecule has 224 valence electrons. The Morgan fingerprint density at radius 1 is 1.00 bits per heavy atom. The highest BCUT2D eigenvalue weighted by Gasteiger charge is 2.45. The minimum absolute atomic E-state index is 0.112. The summed E-state index contributed by atoms with van der Waals surface area (Å²) in [5, 5.41) is 20.1. The molecule has 3 aromatic rings. The molecular formula is C33H37FO7S. The third-order valence-corrected chi connectivity index (χ3v) is 10.6.